The minimum Gasteiger partial charge on any atom is -0.340 e. The van der Waals surface area contributed by atoms with Crippen LogP contribution in [0.5, 0.6) is 0 Å². The van der Waals surface area contributed by atoms with E-state index in [1.807, 2.05) is 29.2 Å². The van der Waals surface area contributed by atoms with E-state index in [9.17, 15) is 4.79 Å². The van der Waals surface area contributed by atoms with Crippen molar-refractivity contribution in [3.63, 3.8) is 0 Å². The van der Waals surface area contributed by atoms with Crippen LogP contribution in [-0.4, -0.2) is 58.9 Å². The number of H-pyrrole nitrogens is 1. The first-order valence-electron chi connectivity index (χ1n) is 7.39. The van der Waals surface area contributed by atoms with Crippen LogP contribution in [0.3, 0.4) is 0 Å². The Bertz CT molecular complexity index is 662. The molecule has 1 aromatic carbocycles. The molecule has 0 bridgehead atoms. The van der Waals surface area contributed by atoms with Gasteiger partial charge in [-0.15, -0.1) is 0 Å². The Hall–Kier alpha value is -1.85. The van der Waals surface area contributed by atoms with Gasteiger partial charge in [0.25, 0.3) is 5.91 Å². The number of hydrogen-bond acceptors (Lipinski definition) is 3. The van der Waals surface area contributed by atoms with E-state index in [1.165, 1.54) is 0 Å². The molecule has 0 radical (unpaired) electrons. The molecule has 6 heteroatoms. The van der Waals surface area contributed by atoms with Crippen molar-refractivity contribution in [2.45, 2.75) is 6.42 Å². The number of imidazole rings is 1. The highest BCUT2D eigenvalue weighted by atomic mass is 35.5. The number of halogens is 1. The highest BCUT2D eigenvalue weighted by Crippen LogP contribution is 2.18. The van der Waals surface area contributed by atoms with Gasteiger partial charge in [-0.25, -0.2) is 4.98 Å². The zero-order valence-corrected chi connectivity index (χ0v) is 13.3. The Morgan fingerprint density at radius 2 is 2.00 bits per heavy atom. The summed E-state index contributed by atoms with van der Waals surface area (Å²) in [5, 5.41) is 0.720. The number of likely N-dealkylation sites (N-methyl/N-ethyl adjacent to an activating group) is 1. The maximum atomic E-state index is 12.4. The summed E-state index contributed by atoms with van der Waals surface area (Å²) in [6.07, 6.45) is 2.40. The fourth-order valence-electron chi connectivity index (χ4n) is 2.56. The normalized spacial score (nSPS) is 16.0. The fraction of sp³-hybridized carbons (Fsp3) is 0.375. The van der Waals surface area contributed by atoms with Crippen LogP contribution in [0, 0.1) is 0 Å². The molecule has 0 aliphatic carbocycles. The van der Waals surface area contributed by atoms with Gasteiger partial charge >= 0.3 is 0 Å². The molecule has 1 aromatic heterocycles. The molecule has 0 saturated carbocycles. The second-order valence-corrected chi connectivity index (χ2v) is 6.01. The Labute approximate surface area is 134 Å². The average molecular weight is 319 g/mol. The minimum absolute atomic E-state index is 0.0292. The molecule has 1 amide bonds. The largest absolute Gasteiger partial charge is 0.340 e. The van der Waals surface area contributed by atoms with Gasteiger partial charge in [0.05, 0.1) is 5.69 Å². The summed E-state index contributed by atoms with van der Waals surface area (Å²) in [5.41, 5.74) is 1.83. The number of benzene rings is 1. The van der Waals surface area contributed by atoms with Crippen molar-refractivity contribution in [2.75, 3.05) is 33.2 Å². The van der Waals surface area contributed by atoms with Gasteiger partial charge in [-0.3, -0.25) is 4.79 Å². The van der Waals surface area contributed by atoms with E-state index in [1.54, 1.807) is 6.20 Å². The second kappa shape index (κ2) is 6.50. The quantitative estimate of drug-likeness (QED) is 0.942. The molecule has 1 N–H and O–H groups in total. The van der Waals surface area contributed by atoms with Crippen LogP contribution < -0.4 is 0 Å². The minimum atomic E-state index is -0.0292. The van der Waals surface area contributed by atoms with Crippen LogP contribution in [0.4, 0.5) is 0 Å². The molecule has 1 fully saturated rings. The van der Waals surface area contributed by atoms with E-state index >= 15 is 0 Å². The van der Waals surface area contributed by atoms with Gasteiger partial charge in [-0.1, -0.05) is 29.8 Å². The maximum Gasteiger partial charge on any atom is 0.289 e. The average Bonchev–Trinajstić information content (AvgIpc) is 2.98. The zero-order valence-electron chi connectivity index (χ0n) is 12.6. The number of hydrogen-bond donors (Lipinski definition) is 1. The van der Waals surface area contributed by atoms with Crippen molar-refractivity contribution in [1.82, 2.24) is 19.8 Å². The number of amides is 1. The molecule has 116 valence electrons. The summed E-state index contributed by atoms with van der Waals surface area (Å²) in [5.74, 6) is 0.380. The molecular weight excluding hydrogens is 300 g/mol. The summed E-state index contributed by atoms with van der Waals surface area (Å²) in [6, 6.07) is 7.68. The van der Waals surface area contributed by atoms with Crippen molar-refractivity contribution < 1.29 is 4.79 Å². The molecule has 22 heavy (non-hydrogen) atoms. The number of nitrogens with one attached hydrogen (secondary N) is 1. The van der Waals surface area contributed by atoms with Crippen LogP contribution in [0.1, 0.15) is 21.9 Å². The summed E-state index contributed by atoms with van der Waals surface area (Å²) in [6.45, 7) is 3.30. The molecule has 0 spiro atoms. The molecular formula is C16H19ClN4O. The first-order valence-corrected chi connectivity index (χ1v) is 7.77. The Kier molecular flexibility index (Phi) is 4.45. The number of aromatic amines is 1. The molecule has 1 saturated heterocycles. The molecule has 5 nitrogen and oxygen atoms in total. The van der Waals surface area contributed by atoms with E-state index in [0.29, 0.717) is 12.2 Å². The maximum absolute atomic E-state index is 12.4. The van der Waals surface area contributed by atoms with Crippen molar-refractivity contribution >= 4 is 17.5 Å². The van der Waals surface area contributed by atoms with Crippen LogP contribution >= 0.6 is 11.6 Å². The highest BCUT2D eigenvalue weighted by molar-refractivity contribution is 6.31. The van der Waals surface area contributed by atoms with E-state index in [4.69, 9.17) is 11.6 Å². The van der Waals surface area contributed by atoms with Gasteiger partial charge in [-0.05, 0) is 18.7 Å². The lowest BCUT2D eigenvalue weighted by Gasteiger charge is -2.31. The molecule has 1 aliphatic rings. The van der Waals surface area contributed by atoms with Crippen LogP contribution in [0.2, 0.25) is 5.02 Å². The third-order valence-electron chi connectivity index (χ3n) is 3.95. The van der Waals surface area contributed by atoms with E-state index in [2.05, 4.69) is 21.9 Å². The van der Waals surface area contributed by atoms with E-state index < -0.39 is 0 Å². The Morgan fingerprint density at radius 1 is 1.27 bits per heavy atom. The van der Waals surface area contributed by atoms with E-state index in [0.717, 1.165) is 42.5 Å². The molecule has 0 unspecified atom stereocenters. The molecule has 2 aromatic rings. The zero-order chi connectivity index (χ0) is 15.5. The Balaban J connectivity index is 1.68. The number of carbonyl (C=O) groups is 1. The van der Waals surface area contributed by atoms with E-state index in [-0.39, 0.29) is 5.91 Å². The lowest BCUT2D eigenvalue weighted by molar-refractivity contribution is 0.0653. The number of nitrogens with zero attached hydrogens (tertiary/aromatic N) is 3. The highest BCUT2D eigenvalue weighted by Gasteiger charge is 2.22. The van der Waals surface area contributed by atoms with Crippen LogP contribution in [0.25, 0.3) is 0 Å². The van der Waals surface area contributed by atoms with Crippen molar-refractivity contribution in [2.24, 2.45) is 0 Å². The Morgan fingerprint density at radius 3 is 2.73 bits per heavy atom. The van der Waals surface area contributed by atoms with Crippen LogP contribution in [-0.2, 0) is 6.42 Å². The lowest BCUT2D eigenvalue weighted by atomic mass is 10.1. The molecule has 1 aliphatic heterocycles. The lowest BCUT2D eigenvalue weighted by Crippen LogP contribution is -2.47. The SMILES string of the molecule is CN1CCN(C(=O)c2nc(Cc3ccccc3Cl)c[nH]2)CC1. The van der Waals surface area contributed by atoms with Crippen molar-refractivity contribution in [3.8, 4) is 0 Å². The summed E-state index contributed by atoms with van der Waals surface area (Å²) < 4.78 is 0. The summed E-state index contributed by atoms with van der Waals surface area (Å²) >= 11 is 6.16. The first kappa shape index (κ1) is 15.1. The van der Waals surface area contributed by atoms with Gasteiger partial charge < -0.3 is 14.8 Å². The second-order valence-electron chi connectivity index (χ2n) is 5.60. The van der Waals surface area contributed by atoms with Crippen LogP contribution in [0.15, 0.2) is 30.5 Å². The number of rotatable bonds is 3. The predicted molar refractivity (Wildman–Crippen MR) is 86.2 cm³/mol. The predicted octanol–water partition coefficient (Wildman–Crippen LogP) is 2.04. The van der Waals surface area contributed by atoms with Crippen molar-refractivity contribution in [3.05, 3.63) is 52.6 Å². The third kappa shape index (κ3) is 3.31. The monoisotopic (exact) mass is 318 g/mol. The standard InChI is InChI=1S/C16H19ClN4O/c1-20-6-8-21(9-7-20)16(22)15-18-11-13(19-15)10-12-4-2-3-5-14(12)17/h2-5,11H,6-10H2,1H3,(H,18,19). The topological polar surface area (TPSA) is 52.2 Å². The van der Waals surface area contributed by atoms with Gasteiger partial charge in [0.15, 0.2) is 5.82 Å². The third-order valence-corrected chi connectivity index (χ3v) is 4.32. The van der Waals surface area contributed by atoms with Crippen molar-refractivity contribution in [1.29, 1.82) is 0 Å². The molecule has 2 heterocycles. The summed E-state index contributed by atoms with van der Waals surface area (Å²) in [4.78, 5) is 23.9. The number of aromatic nitrogens is 2. The van der Waals surface area contributed by atoms with Gasteiger partial charge in [0.1, 0.15) is 0 Å². The van der Waals surface area contributed by atoms with Gasteiger partial charge in [0, 0.05) is 43.8 Å². The number of carbonyl (C=O) groups excluding carboxylic acids is 1. The first-order chi connectivity index (χ1) is 10.6. The van der Waals surface area contributed by atoms with Gasteiger partial charge in [0.2, 0.25) is 0 Å². The molecule has 3 rings (SSSR count). The van der Waals surface area contributed by atoms with Gasteiger partial charge in [-0.2, -0.15) is 0 Å². The molecule has 0 atom stereocenters. The number of piperazine rings is 1. The summed E-state index contributed by atoms with van der Waals surface area (Å²) in [7, 11) is 2.07. The smallest absolute Gasteiger partial charge is 0.289 e. The fourth-order valence-corrected chi connectivity index (χ4v) is 2.76.